The lowest BCUT2D eigenvalue weighted by molar-refractivity contribution is 0.104. The number of anilines is 1. The fourth-order valence-electron chi connectivity index (χ4n) is 3.27. The van der Waals surface area contributed by atoms with Gasteiger partial charge in [0.2, 0.25) is 0 Å². The Hall–Kier alpha value is -2.27. The summed E-state index contributed by atoms with van der Waals surface area (Å²) in [5.41, 5.74) is 1.66. The molecule has 1 unspecified atom stereocenters. The maximum atomic E-state index is 13.8. The predicted octanol–water partition coefficient (Wildman–Crippen LogP) is 4.98. The summed E-state index contributed by atoms with van der Waals surface area (Å²) in [6, 6.07) is 13.7. The first kappa shape index (κ1) is 17.5. The highest BCUT2D eigenvalue weighted by Crippen LogP contribution is 2.28. The van der Waals surface area contributed by atoms with Gasteiger partial charge in [-0.05, 0) is 55.2 Å². The lowest BCUT2D eigenvalue weighted by Crippen LogP contribution is -2.53. The average Bonchev–Trinajstić information content (AvgIpc) is 2.61. The molecule has 25 heavy (non-hydrogen) atoms. The summed E-state index contributed by atoms with van der Waals surface area (Å²) in [6.45, 7) is 0.974. The van der Waals surface area contributed by atoms with Gasteiger partial charge in [0.05, 0.1) is 0 Å². The Morgan fingerprint density at radius 3 is 2.68 bits per heavy atom. The van der Waals surface area contributed by atoms with Crippen LogP contribution in [-0.2, 0) is 6.54 Å². The van der Waals surface area contributed by atoms with Gasteiger partial charge in [-0.2, -0.15) is 0 Å². The fourth-order valence-corrected chi connectivity index (χ4v) is 3.40. The molecule has 2 aromatic carbocycles. The van der Waals surface area contributed by atoms with Gasteiger partial charge in [-0.3, -0.25) is 4.90 Å². The number of likely N-dealkylation sites (tertiary alicyclic amines) is 1. The van der Waals surface area contributed by atoms with E-state index in [1.54, 1.807) is 18.2 Å². The van der Waals surface area contributed by atoms with Crippen molar-refractivity contribution in [3.63, 3.8) is 0 Å². The maximum absolute atomic E-state index is 13.8. The van der Waals surface area contributed by atoms with Gasteiger partial charge in [0, 0.05) is 23.8 Å². The molecule has 1 aliphatic heterocycles. The van der Waals surface area contributed by atoms with Crippen LogP contribution in [0.25, 0.3) is 0 Å². The molecule has 0 bridgehead atoms. The van der Waals surface area contributed by atoms with Crippen LogP contribution in [0.1, 0.15) is 24.8 Å². The second-order valence-corrected chi connectivity index (χ2v) is 6.62. The van der Waals surface area contributed by atoms with Gasteiger partial charge in [0.1, 0.15) is 12.0 Å². The Balaban J connectivity index is 1.95. The zero-order valence-electron chi connectivity index (χ0n) is 13.7. The molecule has 6 heteroatoms. The molecule has 0 radical (unpaired) electrons. The van der Waals surface area contributed by atoms with Crippen LogP contribution < -0.4 is 4.90 Å². The first-order chi connectivity index (χ1) is 12.0. The van der Waals surface area contributed by atoms with Crippen LogP contribution in [0.15, 0.2) is 48.5 Å². The number of amides is 1. The molecule has 2 aromatic rings. The van der Waals surface area contributed by atoms with Gasteiger partial charge >= 0.3 is 6.09 Å². The number of nitrogens with zero attached hydrogens (tertiary/aromatic N) is 2. The molecule has 1 atom stereocenters. The molecule has 3 rings (SSSR count). The normalized spacial score (nSPS) is 17.4. The quantitative estimate of drug-likeness (QED) is 0.834. The molecule has 0 saturated carbocycles. The van der Waals surface area contributed by atoms with Crippen molar-refractivity contribution in [2.45, 2.75) is 32.0 Å². The van der Waals surface area contributed by atoms with Crippen LogP contribution in [0, 0.1) is 5.82 Å². The molecular formula is C19H20ClFN2O2. The number of hydrogen-bond donors (Lipinski definition) is 1. The number of carbonyl (C=O) groups is 1. The summed E-state index contributed by atoms with van der Waals surface area (Å²) >= 11 is 5.95. The molecule has 4 nitrogen and oxygen atoms in total. The van der Waals surface area contributed by atoms with Gasteiger partial charge in [-0.1, -0.05) is 29.8 Å². The molecule has 0 spiro atoms. The number of halogens is 2. The minimum atomic E-state index is -0.942. The van der Waals surface area contributed by atoms with Crippen molar-refractivity contribution < 1.29 is 14.3 Å². The van der Waals surface area contributed by atoms with Gasteiger partial charge in [0.25, 0.3) is 0 Å². The second-order valence-electron chi connectivity index (χ2n) is 6.19. The van der Waals surface area contributed by atoms with Crippen molar-refractivity contribution in [1.82, 2.24) is 4.90 Å². The Bertz CT molecular complexity index is 738. The van der Waals surface area contributed by atoms with Crippen molar-refractivity contribution in [3.8, 4) is 0 Å². The molecule has 1 saturated heterocycles. The van der Waals surface area contributed by atoms with E-state index < -0.39 is 6.09 Å². The third-order valence-electron chi connectivity index (χ3n) is 4.48. The van der Waals surface area contributed by atoms with Crippen LogP contribution in [0.4, 0.5) is 14.9 Å². The first-order valence-corrected chi connectivity index (χ1v) is 8.68. The van der Waals surface area contributed by atoms with Gasteiger partial charge in [-0.15, -0.1) is 0 Å². The van der Waals surface area contributed by atoms with Crippen molar-refractivity contribution in [2.75, 3.05) is 11.4 Å². The number of piperidine rings is 1. The van der Waals surface area contributed by atoms with Gasteiger partial charge < -0.3 is 10.0 Å². The van der Waals surface area contributed by atoms with Crippen LogP contribution in [0.2, 0.25) is 5.02 Å². The van der Waals surface area contributed by atoms with E-state index in [4.69, 9.17) is 11.6 Å². The Morgan fingerprint density at radius 1 is 1.24 bits per heavy atom. The van der Waals surface area contributed by atoms with E-state index in [1.165, 1.54) is 17.0 Å². The Labute approximate surface area is 151 Å². The molecule has 1 N–H and O–H groups in total. The highest BCUT2D eigenvalue weighted by molar-refractivity contribution is 6.30. The summed E-state index contributed by atoms with van der Waals surface area (Å²) in [6.07, 6.45) is 1.25. The molecule has 132 valence electrons. The van der Waals surface area contributed by atoms with Crippen LogP contribution in [0.5, 0.6) is 0 Å². The molecule has 1 fully saturated rings. The van der Waals surface area contributed by atoms with E-state index >= 15 is 0 Å². The van der Waals surface area contributed by atoms with Crippen LogP contribution >= 0.6 is 11.6 Å². The predicted molar refractivity (Wildman–Crippen MR) is 96.4 cm³/mol. The third kappa shape index (κ3) is 4.23. The highest BCUT2D eigenvalue weighted by atomic mass is 35.5. The first-order valence-electron chi connectivity index (χ1n) is 8.31. The Kier molecular flexibility index (Phi) is 5.43. The number of rotatable bonds is 4. The standard InChI is InChI=1S/C19H20ClFN2O2/c20-15-9-7-14(8-10-15)13-23(17-5-3-4-16(21)12-17)18-6-1-2-11-22(18)19(24)25/h3-5,7-10,12,18H,1-2,6,11,13H2,(H,24,25). The van der Waals surface area contributed by atoms with E-state index in [1.807, 2.05) is 23.1 Å². The highest BCUT2D eigenvalue weighted by Gasteiger charge is 2.31. The minimum absolute atomic E-state index is 0.316. The van der Waals surface area contributed by atoms with Crippen LogP contribution in [0.3, 0.4) is 0 Å². The van der Waals surface area contributed by atoms with Crippen molar-refractivity contribution in [1.29, 1.82) is 0 Å². The van der Waals surface area contributed by atoms with E-state index in [2.05, 4.69) is 0 Å². The summed E-state index contributed by atoms with van der Waals surface area (Å²) in [5.74, 6) is -0.337. The molecule has 0 aromatic heterocycles. The molecular weight excluding hydrogens is 343 g/mol. The van der Waals surface area contributed by atoms with E-state index in [0.717, 1.165) is 24.8 Å². The molecule has 0 aliphatic carbocycles. The largest absolute Gasteiger partial charge is 0.465 e. The number of hydrogen-bond acceptors (Lipinski definition) is 2. The summed E-state index contributed by atoms with van der Waals surface area (Å²) < 4.78 is 13.8. The smallest absolute Gasteiger partial charge is 0.408 e. The fraction of sp³-hybridized carbons (Fsp3) is 0.316. The number of benzene rings is 2. The summed E-state index contributed by atoms with van der Waals surface area (Å²) in [4.78, 5) is 15.1. The SMILES string of the molecule is O=C(O)N1CCCCC1N(Cc1ccc(Cl)cc1)c1cccc(F)c1. The molecule has 1 heterocycles. The van der Waals surface area contributed by atoms with Gasteiger partial charge in [0.15, 0.2) is 0 Å². The lowest BCUT2D eigenvalue weighted by atomic mass is 10.1. The topological polar surface area (TPSA) is 43.8 Å². The monoisotopic (exact) mass is 362 g/mol. The van der Waals surface area contributed by atoms with Crippen molar-refractivity contribution >= 4 is 23.4 Å². The third-order valence-corrected chi connectivity index (χ3v) is 4.73. The molecule has 1 amide bonds. The average molecular weight is 363 g/mol. The number of carboxylic acid groups (broad SMARTS) is 1. The van der Waals surface area contributed by atoms with Crippen molar-refractivity contribution in [2.24, 2.45) is 0 Å². The van der Waals surface area contributed by atoms with Crippen molar-refractivity contribution in [3.05, 3.63) is 64.9 Å². The second kappa shape index (κ2) is 7.74. The van der Waals surface area contributed by atoms with E-state index in [-0.39, 0.29) is 12.0 Å². The Morgan fingerprint density at radius 2 is 2.00 bits per heavy atom. The van der Waals surface area contributed by atoms with E-state index in [9.17, 15) is 14.3 Å². The maximum Gasteiger partial charge on any atom is 0.408 e. The summed E-state index contributed by atoms with van der Waals surface area (Å²) in [7, 11) is 0. The van der Waals surface area contributed by atoms with Crippen LogP contribution in [-0.4, -0.2) is 28.8 Å². The molecule has 1 aliphatic rings. The zero-order chi connectivity index (χ0) is 17.8. The summed E-state index contributed by atoms with van der Waals surface area (Å²) in [5, 5.41) is 10.2. The minimum Gasteiger partial charge on any atom is -0.465 e. The lowest BCUT2D eigenvalue weighted by Gasteiger charge is -2.42. The zero-order valence-corrected chi connectivity index (χ0v) is 14.5. The van der Waals surface area contributed by atoms with Gasteiger partial charge in [-0.25, -0.2) is 9.18 Å². The van der Waals surface area contributed by atoms with E-state index in [0.29, 0.717) is 23.8 Å².